The minimum Gasteiger partial charge on any atom is -0.493 e. The van der Waals surface area contributed by atoms with Crippen LogP contribution in [0.5, 0.6) is 11.5 Å². The highest BCUT2D eigenvalue weighted by molar-refractivity contribution is 7.92. The van der Waals surface area contributed by atoms with Gasteiger partial charge in [0.25, 0.3) is 10.0 Å². The maximum absolute atomic E-state index is 14.2. The van der Waals surface area contributed by atoms with Crippen molar-refractivity contribution >= 4 is 39.1 Å². The number of nitrogens with one attached hydrogen (secondary N) is 1. The normalized spacial score (nSPS) is 11.9. The molecule has 0 spiro atoms. The van der Waals surface area contributed by atoms with Crippen LogP contribution >= 0.6 is 11.6 Å². The molecule has 232 valence electrons. The first-order valence-electron chi connectivity index (χ1n) is 14.2. The van der Waals surface area contributed by atoms with E-state index in [1.165, 1.54) is 49.5 Å². The zero-order chi connectivity index (χ0) is 31.6. The number of carbonyl (C=O) groups excluding carboxylic acids is 2. The van der Waals surface area contributed by atoms with Gasteiger partial charge in [0.15, 0.2) is 11.5 Å². The number of halogens is 1. The second-order valence-corrected chi connectivity index (χ2v) is 12.3. The van der Waals surface area contributed by atoms with E-state index in [2.05, 4.69) is 5.32 Å². The molecular weight excluding hydrogens is 590 g/mol. The molecule has 0 saturated heterocycles. The molecule has 3 aromatic carbocycles. The van der Waals surface area contributed by atoms with Gasteiger partial charge in [-0.3, -0.25) is 13.9 Å². The first-order valence-corrected chi connectivity index (χ1v) is 16.0. The highest BCUT2D eigenvalue weighted by Gasteiger charge is 2.34. The Morgan fingerprint density at radius 3 is 2.23 bits per heavy atom. The quantitative estimate of drug-likeness (QED) is 0.220. The number of nitrogens with zero attached hydrogens (tertiary/aromatic N) is 2. The lowest BCUT2D eigenvalue weighted by atomic mass is 10.1. The number of unbranched alkanes of at least 4 members (excludes halogenated alkanes) is 1. The maximum atomic E-state index is 14.2. The first-order chi connectivity index (χ1) is 20.6. The highest BCUT2D eigenvalue weighted by atomic mass is 35.5. The van der Waals surface area contributed by atoms with E-state index < -0.39 is 28.5 Å². The number of benzene rings is 3. The van der Waals surface area contributed by atoms with Crippen molar-refractivity contribution in [2.75, 3.05) is 31.6 Å². The van der Waals surface area contributed by atoms with Crippen molar-refractivity contribution in [2.45, 2.75) is 57.5 Å². The molecule has 0 aliphatic heterocycles. The van der Waals surface area contributed by atoms with Gasteiger partial charge in [0.05, 0.1) is 24.8 Å². The second-order valence-electron chi connectivity index (χ2n) is 10.0. The van der Waals surface area contributed by atoms with Gasteiger partial charge in [-0.15, -0.1) is 0 Å². The van der Waals surface area contributed by atoms with Gasteiger partial charge in [-0.05, 0) is 67.3 Å². The van der Waals surface area contributed by atoms with E-state index >= 15 is 0 Å². The molecule has 0 aliphatic carbocycles. The fraction of sp³-hybridized carbons (Fsp3) is 0.375. The van der Waals surface area contributed by atoms with Gasteiger partial charge in [0.2, 0.25) is 11.8 Å². The summed E-state index contributed by atoms with van der Waals surface area (Å²) >= 11 is 6.11. The van der Waals surface area contributed by atoms with Crippen molar-refractivity contribution in [2.24, 2.45) is 0 Å². The van der Waals surface area contributed by atoms with E-state index in [4.69, 9.17) is 21.1 Å². The molecule has 43 heavy (non-hydrogen) atoms. The summed E-state index contributed by atoms with van der Waals surface area (Å²) < 4.78 is 39.9. The molecule has 11 heteroatoms. The number of anilines is 1. The van der Waals surface area contributed by atoms with Crippen LogP contribution in [-0.2, 0) is 26.2 Å². The third-order valence-electron chi connectivity index (χ3n) is 7.15. The largest absolute Gasteiger partial charge is 0.493 e. The maximum Gasteiger partial charge on any atom is 0.264 e. The fourth-order valence-electron chi connectivity index (χ4n) is 4.64. The smallest absolute Gasteiger partial charge is 0.264 e. The standard InChI is InChI=1S/C32H40ClN3O6S/c1-6-8-19-34-32(38)28(7-2)35(21-24-12-10-9-11-23(24)3)31(37)22-36(26-15-13-25(33)14-16-26)43(39,40)27-17-18-29(41-4)30(20-27)42-5/h9-18,20,28H,6-8,19,21-22H2,1-5H3,(H,34,38)/t28-/m1/s1. The lowest BCUT2D eigenvalue weighted by Gasteiger charge is -2.33. The Morgan fingerprint density at radius 2 is 1.63 bits per heavy atom. The second kappa shape index (κ2) is 15.6. The van der Waals surface area contributed by atoms with E-state index in [0.717, 1.165) is 28.3 Å². The third kappa shape index (κ3) is 8.42. The predicted octanol–water partition coefficient (Wildman–Crippen LogP) is 5.58. The van der Waals surface area contributed by atoms with Crippen LogP contribution in [0.4, 0.5) is 5.69 Å². The van der Waals surface area contributed by atoms with E-state index in [9.17, 15) is 18.0 Å². The SMILES string of the molecule is CCCCNC(=O)[C@@H](CC)N(Cc1ccccc1C)C(=O)CN(c1ccc(Cl)cc1)S(=O)(=O)c1ccc(OC)c(OC)c1. The molecule has 0 radical (unpaired) electrons. The summed E-state index contributed by atoms with van der Waals surface area (Å²) in [6.45, 7) is 5.87. The Labute approximate surface area is 259 Å². The summed E-state index contributed by atoms with van der Waals surface area (Å²) in [5, 5.41) is 3.35. The molecule has 1 atom stereocenters. The van der Waals surface area contributed by atoms with E-state index in [0.29, 0.717) is 23.7 Å². The highest BCUT2D eigenvalue weighted by Crippen LogP contribution is 2.33. The van der Waals surface area contributed by atoms with Gasteiger partial charge < -0.3 is 19.7 Å². The molecule has 9 nitrogen and oxygen atoms in total. The zero-order valence-corrected chi connectivity index (χ0v) is 26.9. The Kier molecular flexibility index (Phi) is 12.3. The van der Waals surface area contributed by atoms with E-state index in [1.807, 2.05) is 45.0 Å². The van der Waals surface area contributed by atoms with E-state index in [-0.39, 0.29) is 28.8 Å². The monoisotopic (exact) mass is 629 g/mol. The molecular formula is C32H40ClN3O6S. The van der Waals surface area contributed by atoms with Crippen molar-refractivity contribution in [3.8, 4) is 11.5 Å². The van der Waals surface area contributed by atoms with Crippen LogP contribution in [0.1, 0.15) is 44.2 Å². The molecule has 0 aliphatic rings. The van der Waals surface area contributed by atoms with Crippen LogP contribution < -0.4 is 19.1 Å². The van der Waals surface area contributed by atoms with Gasteiger partial charge in [0.1, 0.15) is 12.6 Å². The van der Waals surface area contributed by atoms with Gasteiger partial charge >= 0.3 is 0 Å². The lowest BCUT2D eigenvalue weighted by molar-refractivity contribution is -0.140. The average molecular weight is 630 g/mol. The molecule has 0 aromatic heterocycles. The van der Waals surface area contributed by atoms with Gasteiger partial charge in [-0.25, -0.2) is 8.42 Å². The Balaban J connectivity index is 2.08. The average Bonchev–Trinajstić information content (AvgIpc) is 3.00. The molecule has 0 bridgehead atoms. The minimum absolute atomic E-state index is 0.0947. The molecule has 0 heterocycles. The Hall–Kier alpha value is -3.76. The van der Waals surface area contributed by atoms with Crippen molar-refractivity contribution in [1.82, 2.24) is 10.2 Å². The summed E-state index contributed by atoms with van der Waals surface area (Å²) in [5.41, 5.74) is 2.05. The summed E-state index contributed by atoms with van der Waals surface area (Å²) in [4.78, 5) is 28.9. The first kappa shape index (κ1) is 33.7. The van der Waals surface area contributed by atoms with Crippen molar-refractivity contribution in [3.63, 3.8) is 0 Å². The van der Waals surface area contributed by atoms with Crippen LogP contribution in [0, 0.1) is 6.92 Å². The summed E-state index contributed by atoms with van der Waals surface area (Å²) in [6.07, 6.45) is 2.06. The zero-order valence-electron chi connectivity index (χ0n) is 25.3. The van der Waals surface area contributed by atoms with Gasteiger partial charge in [-0.2, -0.15) is 0 Å². The van der Waals surface area contributed by atoms with Gasteiger partial charge in [0, 0.05) is 24.2 Å². The van der Waals surface area contributed by atoms with Crippen LogP contribution in [0.15, 0.2) is 71.6 Å². The van der Waals surface area contributed by atoms with Crippen molar-refractivity contribution in [1.29, 1.82) is 0 Å². The fourth-order valence-corrected chi connectivity index (χ4v) is 6.19. The van der Waals surface area contributed by atoms with Crippen molar-refractivity contribution in [3.05, 3.63) is 82.9 Å². The molecule has 2 amide bonds. The number of rotatable bonds is 15. The predicted molar refractivity (Wildman–Crippen MR) is 169 cm³/mol. The summed E-state index contributed by atoms with van der Waals surface area (Å²) in [5.74, 6) is -0.222. The molecule has 1 N–H and O–H groups in total. The number of sulfonamides is 1. The number of methoxy groups -OCH3 is 2. The number of hydrogen-bond acceptors (Lipinski definition) is 6. The van der Waals surface area contributed by atoms with Gasteiger partial charge in [-0.1, -0.05) is 56.1 Å². The minimum atomic E-state index is -4.30. The third-order valence-corrected chi connectivity index (χ3v) is 9.18. The molecule has 3 rings (SSSR count). The van der Waals surface area contributed by atoms with Crippen molar-refractivity contribution < 1.29 is 27.5 Å². The topological polar surface area (TPSA) is 105 Å². The Bertz CT molecular complexity index is 1500. The lowest BCUT2D eigenvalue weighted by Crippen LogP contribution is -2.52. The molecule has 0 saturated carbocycles. The number of ether oxygens (including phenoxy) is 2. The number of hydrogen-bond donors (Lipinski definition) is 1. The molecule has 0 fully saturated rings. The van der Waals surface area contributed by atoms with E-state index in [1.54, 1.807) is 12.1 Å². The van der Waals surface area contributed by atoms with Crippen LogP contribution in [0.2, 0.25) is 5.02 Å². The number of aryl methyl sites for hydroxylation is 1. The number of carbonyl (C=O) groups is 2. The Morgan fingerprint density at radius 1 is 0.953 bits per heavy atom. The van der Waals surface area contributed by atoms with Crippen LogP contribution in [-0.4, -0.2) is 58.5 Å². The summed E-state index contributed by atoms with van der Waals surface area (Å²) in [7, 11) is -1.43. The molecule has 0 unspecified atom stereocenters. The summed E-state index contributed by atoms with van der Waals surface area (Å²) in [6, 6.07) is 17.2. The van der Waals surface area contributed by atoms with Crippen LogP contribution in [0.3, 0.4) is 0 Å². The molecule has 3 aromatic rings. The number of amides is 2. The van der Waals surface area contributed by atoms with Crippen LogP contribution in [0.25, 0.3) is 0 Å².